The fraction of sp³-hybridized carbons (Fsp3) is 0.625. The molecule has 0 saturated heterocycles. The zero-order valence-corrected chi connectivity index (χ0v) is 7.27. The van der Waals surface area contributed by atoms with Crippen molar-refractivity contribution in [3.05, 3.63) is 17.3 Å². The quantitative estimate of drug-likeness (QED) is 0.690. The van der Waals surface area contributed by atoms with Crippen LogP contribution in [0.4, 0.5) is 8.78 Å². The van der Waals surface area contributed by atoms with Gasteiger partial charge in [0.15, 0.2) is 0 Å². The van der Waals surface area contributed by atoms with Gasteiger partial charge >= 0.3 is 6.43 Å². The molecule has 0 radical (unpaired) electrons. The molecule has 0 N–H and O–H groups in total. The van der Waals surface area contributed by atoms with Gasteiger partial charge < -0.3 is 4.42 Å². The molecule has 1 heterocycles. The third-order valence-electron chi connectivity index (χ3n) is 1.58. The smallest absolute Gasteiger partial charge is 0.313 e. The van der Waals surface area contributed by atoms with E-state index in [-0.39, 0.29) is 5.92 Å². The Labute approximate surface area is 69.6 Å². The molecule has 0 spiro atoms. The van der Waals surface area contributed by atoms with Gasteiger partial charge in [0.25, 0.3) is 5.89 Å². The van der Waals surface area contributed by atoms with Crippen molar-refractivity contribution in [2.75, 3.05) is 0 Å². The lowest BCUT2D eigenvalue weighted by molar-refractivity contribution is 0.114. The molecule has 0 aromatic carbocycles. The summed E-state index contributed by atoms with van der Waals surface area (Å²) in [6.07, 6.45) is -2.61. The van der Waals surface area contributed by atoms with Crippen molar-refractivity contribution in [3.8, 4) is 0 Å². The lowest BCUT2D eigenvalue weighted by atomic mass is 10.1. The summed E-state index contributed by atoms with van der Waals surface area (Å²) in [4.78, 5) is 3.69. The van der Waals surface area contributed by atoms with Crippen molar-refractivity contribution in [3.63, 3.8) is 0 Å². The van der Waals surface area contributed by atoms with Gasteiger partial charge in [0.05, 0.1) is 5.69 Å². The number of oxazole rings is 1. The Morgan fingerprint density at radius 1 is 1.33 bits per heavy atom. The van der Waals surface area contributed by atoms with Crippen molar-refractivity contribution in [2.24, 2.45) is 0 Å². The number of halogens is 2. The fourth-order valence-corrected chi connectivity index (χ4v) is 1.06. The number of nitrogens with zero attached hydrogens (tertiary/aromatic N) is 1. The summed E-state index contributed by atoms with van der Waals surface area (Å²) in [6.45, 7) is 5.43. The highest BCUT2D eigenvalue weighted by Crippen LogP contribution is 2.24. The predicted octanol–water partition coefficient (Wildman–Crippen LogP) is 3.04. The first-order valence-corrected chi connectivity index (χ1v) is 3.77. The van der Waals surface area contributed by atoms with Crippen LogP contribution in [0, 0.1) is 6.92 Å². The molecule has 0 bridgehead atoms. The van der Waals surface area contributed by atoms with Crippen LogP contribution >= 0.6 is 0 Å². The molecule has 2 nitrogen and oxygen atoms in total. The van der Waals surface area contributed by atoms with Crippen molar-refractivity contribution in [1.29, 1.82) is 0 Å². The van der Waals surface area contributed by atoms with Gasteiger partial charge in [-0.05, 0) is 12.8 Å². The number of aryl methyl sites for hydroxylation is 1. The molecule has 12 heavy (non-hydrogen) atoms. The first-order chi connectivity index (χ1) is 5.52. The minimum Gasteiger partial charge on any atom is -0.440 e. The normalized spacial score (nSPS) is 11.6. The van der Waals surface area contributed by atoms with Crippen molar-refractivity contribution in [2.45, 2.75) is 33.1 Å². The molecule has 0 atom stereocenters. The minimum atomic E-state index is -2.61. The summed E-state index contributed by atoms with van der Waals surface area (Å²) in [5.41, 5.74) is 0.616. The maximum atomic E-state index is 12.1. The zero-order valence-electron chi connectivity index (χ0n) is 7.27. The fourth-order valence-electron chi connectivity index (χ4n) is 1.06. The van der Waals surface area contributed by atoms with Crippen LogP contribution in [-0.2, 0) is 0 Å². The van der Waals surface area contributed by atoms with E-state index in [4.69, 9.17) is 4.42 Å². The maximum Gasteiger partial charge on any atom is 0.313 e. The highest BCUT2D eigenvalue weighted by atomic mass is 19.3. The number of rotatable bonds is 2. The zero-order chi connectivity index (χ0) is 9.30. The summed E-state index contributed by atoms with van der Waals surface area (Å²) in [5.74, 6) is 0.137. The summed E-state index contributed by atoms with van der Waals surface area (Å²) in [5, 5.41) is 0. The molecule has 1 aromatic rings. The van der Waals surface area contributed by atoms with Crippen LogP contribution < -0.4 is 0 Å². The van der Waals surface area contributed by atoms with Crippen molar-refractivity contribution < 1.29 is 13.2 Å². The second-order valence-electron chi connectivity index (χ2n) is 2.95. The third-order valence-corrected chi connectivity index (χ3v) is 1.58. The molecule has 4 heteroatoms. The van der Waals surface area contributed by atoms with E-state index in [9.17, 15) is 8.78 Å². The summed E-state index contributed by atoms with van der Waals surface area (Å²) in [7, 11) is 0. The Balaban J connectivity index is 3.00. The van der Waals surface area contributed by atoms with E-state index in [1.807, 2.05) is 13.8 Å². The first-order valence-electron chi connectivity index (χ1n) is 3.77. The summed E-state index contributed by atoms with van der Waals surface area (Å²) >= 11 is 0. The van der Waals surface area contributed by atoms with Crippen LogP contribution in [0.2, 0.25) is 0 Å². The van der Waals surface area contributed by atoms with E-state index in [1.165, 1.54) is 0 Å². The second kappa shape index (κ2) is 3.21. The molecule has 68 valence electrons. The standard InChI is InChI=1S/C8H11F2NO/c1-4(2)6-5(3)12-8(11-6)7(9)10/h4,7H,1-3H3. The monoisotopic (exact) mass is 175 g/mol. The van der Waals surface area contributed by atoms with Crippen LogP contribution in [0.3, 0.4) is 0 Å². The van der Waals surface area contributed by atoms with E-state index < -0.39 is 12.3 Å². The van der Waals surface area contributed by atoms with E-state index in [0.29, 0.717) is 11.5 Å². The van der Waals surface area contributed by atoms with Gasteiger partial charge in [-0.1, -0.05) is 13.8 Å². The van der Waals surface area contributed by atoms with Gasteiger partial charge in [-0.3, -0.25) is 0 Å². The second-order valence-corrected chi connectivity index (χ2v) is 2.95. The van der Waals surface area contributed by atoms with Crippen LogP contribution in [0.1, 0.15) is 43.5 Å². The van der Waals surface area contributed by atoms with Gasteiger partial charge in [0.1, 0.15) is 5.76 Å². The largest absolute Gasteiger partial charge is 0.440 e. The van der Waals surface area contributed by atoms with E-state index in [2.05, 4.69) is 4.98 Å². The summed E-state index contributed by atoms with van der Waals surface area (Å²) in [6, 6.07) is 0. The third kappa shape index (κ3) is 1.62. The van der Waals surface area contributed by atoms with Crippen LogP contribution in [-0.4, -0.2) is 4.98 Å². The average Bonchev–Trinajstić information content (AvgIpc) is 2.30. The lowest BCUT2D eigenvalue weighted by Gasteiger charge is -1.97. The van der Waals surface area contributed by atoms with Gasteiger partial charge in [0.2, 0.25) is 0 Å². The SMILES string of the molecule is Cc1oc(C(F)F)nc1C(C)C. The Hall–Kier alpha value is -0.930. The van der Waals surface area contributed by atoms with E-state index in [0.717, 1.165) is 0 Å². The van der Waals surface area contributed by atoms with Crippen molar-refractivity contribution in [1.82, 2.24) is 4.98 Å². The molecule has 0 fully saturated rings. The Kier molecular flexibility index (Phi) is 2.45. The average molecular weight is 175 g/mol. The molecule has 0 aliphatic heterocycles. The molecule has 1 rings (SSSR count). The van der Waals surface area contributed by atoms with Gasteiger partial charge in [0, 0.05) is 0 Å². The molecular weight excluding hydrogens is 164 g/mol. The minimum absolute atomic E-state index is 0.126. The van der Waals surface area contributed by atoms with Gasteiger partial charge in [-0.2, -0.15) is 8.78 Å². The van der Waals surface area contributed by atoms with Crippen LogP contribution in [0.25, 0.3) is 0 Å². The highest BCUT2D eigenvalue weighted by Gasteiger charge is 2.18. The molecule has 0 saturated carbocycles. The molecule has 0 unspecified atom stereocenters. The lowest BCUT2D eigenvalue weighted by Crippen LogP contribution is -1.90. The van der Waals surface area contributed by atoms with Gasteiger partial charge in [-0.15, -0.1) is 0 Å². The summed E-state index contributed by atoms with van der Waals surface area (Å²) < 4.78 is 28.9. The van der Waals surface area contributed by atoms with Crippen LogP contribution in [0.15, 0.2) is 4.42 Å². The molecule has 0 aliphatic rings. The van der Waals surface area contributed by atoms with Crippen molar-refractivity contribution >= 4 is 0 Å². The number of aromatic nitrogens is 1. The molecule has 0 amide bonds. The Morgan fingerprint density at radius 2 is 1.92 bits per heavy atom. The topological polar surface area (TPSA) is 26.0 Å². The first kappa shape index (κ1) is 9.16. The highest BCUT2D eigenvalue weighted by molar-refractivity contribution is 5.12. The Bertz CT molecular complexity index is 268. The van der Waals surface area contributed by atoms with E-state index in [1.54, 1.807) is 6.92 Å². The van der Waals surface area contributed by atoms with Gasteiger partial charge in [-0.25, -0.2) is 4.98 Å². The molecule has 1 aromatic heterocycles. The van der Waals surface area contributed by atoms with Crippen LogP contribution in [0.5, 0.6) is 0 Å². The molecular formula is C8H11F2NO. The number of hydrogen-bond donors (Lipinski definition) is 0. The Morgan fingerprint density at radius 3 is 2.17 bits per heavy atom. The maximum absolute atomic E-state index is 12.1. The molecule has 0 aliphatic carbocycles. The van der Waals surface area contributed by atoms with E-state index >= 15 is 0 Å². The number of hydrogen-bond acceptors (Lipinski definition) is 2. The number of alkyl halides is 2. The predicted molar refractivity (Wildman–Crippen MR) is 40.3 cm³/mol.